The largest absolute Gasteiger partial charge is 2.00 e. The van der Waals surface area contributed by atoms with Gasteiger partial charge in [0.2, 0.25) is 0 Å². The van der Waals surface area contributed by atoms with Crippen molar-refractivity contribution in [3.05, 3.63) is 0 Å². The van der Waals surface area contributed by atoms with Crippen molar-refractivity contribution in [2.45, 2.75) is 0 Å². The predicted molar refractivity (Wildman–Crippen MR) is 1.11 cm³/mol. The molecule has 0 aromatic carbocycles. The van der Waals surface area contributed by atoms with E-state index >= 15 is 0 Å². The Kier molecular flexibility index (Phi) is 127. The van der Waals surface area contributed by atoms with Gasteiger partial charge < -0.3 is 26.2 Å². The summed E-state index contributed by atoms with van der Waals surface area (Å²) in [6.07, 6.45) is 0. The molecular formula is HCl2CuK. The molecule has 27 valence electrons. The SMILES string of the molecule is [Cl-].[Cl-].[Cu+2].[H-].[K+]. The second-order valence-corrected chi connectivity index (χ2v) is 0. The van der Waals surface area contributed by atoms with E-state index in [1.807, 2.05) is 0 Å². The third kappa shape index (κ3) is 8.83. The van der Waals surface area contributed by atoms with Gasteiger partial charge in [-0.1, -0.05) is 0 Å². The zero-order chi connectivity index (χ0) is 0. The molecule has 0 aromatic rings. The van der Waals surface area contributed by atoms with Crippen molar-refractivity contribution in [3.8, 4) is 0 Å². The van der Waals surface area contributed by atoms with Crippen LogP contribution in [0.4, 0.5) is 0 Å². The first-order valence-corrected chi connectivity index (χ1v) is 0. The van der Waals surface area contributed by atoms with Crippen LogP contribution in [-0.2, 0) is 17.1 Å². The van der Waals surface area contributed by atoms with E-state index in [1.165, 1.54) is 0 Å². The Morgan fingerprint density at radius 3 is 1.00 bits per heavy atom. The second-order valence-electron chi connectivity index (χ2n) is 0. The molecule has 0 spiro atoms. The summed E-state index contributed by atoms with van der Waals surface area (Å²) in [5.41, 5.74) is 0. The molecule has 0 nitrogen and oxygen atoms in total. The Morgan fingerprint density at radius 2 is 1.00 bits per heavy atom. The summed E-state index contributed by atoms with van der Waals surface area (Å²) in [5.74, 6) is 0. The molecule has 0 aliphatic carbocycles. The summed E-state index contributed by atoms with van der Waals surface area (Å²) in [6.45, 7) is 0. The molecule has 0 bridgehead atoms. The molecule has 0 saturated carbocycles. The van der Waals surface area contributed by atoms with Gasteiger partial charge in [0.25, 0.3) is 0 Å². The molecule has 0 rings (SSSR count). The van der Waals surface area contributed by atoms with Gasteiger partial charge in [0, 0.05) is 0 Å². The van der Waals surface area contributed by atoms with E-state index in [1.54, 1.807) is 0 Å². The van der Waals surface area contributed by atoms with Crippen LogP contribution in [0, 0.1) is 0 Å². The molecule has 4 heavy (non-hydrogen) atoms. The maximum absolute atomic E-state index is 0. The summed E-state index contributed by atoms with van der Waals surface area (Å²) >= 11 is 0. The van der Waals surface area contributed by atoms with Crippen molar-refractivity contribution in [1.82, 2.24) is 0 Å². The van der Waals surface area contributed by atoms with E-state index in [4.69, 9.17) is 0 Å². The van der Waals surface area contributed by atoms with Crippen molar-refractivity contribution in [1.29, 1.82) is 0 Å². The average Bonchev–Trinajstić information content (AvgIpc) is 0. The van der Waals surface area contributed by atoms with Crippen LogP contribution in [0.15, 0.2) is 0 Å². The van der Waals surface area contributed by atoms with Gasteiger partial charge in [-0.15, -0.1) is 0 Å². The van der Waals surface area contributed by atoms with Crippen LogP contribution < -0.4 is 76.2 Å². The minimum absolute atomic E-state index is 0. The molecule has 0 saturated heterocycles. The molecule has 0 atom stereocenters. The predicted octanol–water partition coefficient (Wildman–Crippen LogP) is -8.88. The monoisotopic (exact) mass is 173 g/mol. The van der Waals surface area contributed by atoms with Crippen LogP contribution >= 0.6 is 0 Å². The molecule has 0 unspecified atom stereocenters. The molecule has 4 heteroatoms. The zero-order valence-electron chi connectivity index (χ0n) is 3.06. The maximum Gasteiger partial charge on any atom is 2.00 e. The standard InChI is InChI=1S/2ClH.Cu.K.H/h2*1H;;;/q;;+2;+1;-1/p-2. The van der Waals surface area contributed by atoms with Gasteiger partial charge in [0.1, 0.15) is 0 Å². The Balaban J connectivity index is 0. The van der Waals surface area contributed by atoms with Crippen molar-refractivity contribution >= 4 is 0 Å². The van der Waals surface area contributed by atoms with Gasteiger partial charge in [-0.25, -0.2) is 0 Å². The van der Waals surface area contributed by atoms with Crippen LogP contribution in [0.3, 0.4) is 0 Å². The minimum Gasteiger partial charge on any atom is -1.00 e. The Labute approximate surface area is 92.7 Å². The molecular weight excluding hydrogens is 174 g/mol. The maximum atomic E-state index is 0. The van der Waals surface area contributed by atoms with Gasteiger partial charge in [0.05, 0.1) is 0 Å². The fourth-order valence-electron chi connectivity index (χ4n) is 0. The van der Waals surface area contributed by atoms with Gasteiger partial charge in [0.15, 0.2) is 0 Å². The van der Waals surface area contributed by atoms with E-state index in [0.717, 1.165) is 0 Å². The van der Waals surface area contributed by atoms with Gasteiger partial charge >= 0.3 is 68.5 Å². The molecule has 1 radical (unpaired) electrons. The number of hydrogen-bond donors (Lipinski definition) is 0. The summed E-state index contributed by atoms with van der Waals surface area (Å²) in [4.78, 5) is 0. The zero-order valence-corrected chi connectivity index (χ0v) is 7.63. The Morgan fingerprint density at radius 1 is 1.00 bits per heavy atom. The van der Waals surface area contributed by atoms with Gasteiger partial charge in [-0.3, -0.25) is 0 Å². The van der Waals surface area contributed by atoms with Crippen LogP contribution in [-0.4, -0.2) is 0 Å². The molecule has 0 fully saturated rings. The van der Waals surface area contributed by atoms with E-state index in [-0.39, 0.29) is 94.7 Å². The normalized spacial score (nSPS) is 0. The number of hydrogen-bond acceptors (Lipinski definition) is 0. The fraction of sp³-hybridized carbons (Fsp3) is 0. The third-order valence-corrected chi connectivity index (χ3v) is 0. The first kappa shape index (κ1) is 29.6. The molecule has 0 heterocycles. The van der Waals surface area contributed by atoms with Gasteiger partial charge in [-0.05, 0) is 0 Å². The van der Waals surface area contributed by atoms with E-state index < -0.39 is 0 Å². The van der Waals surface area contributed by atoms with E-state index in [9.17, 15) is 0 Å². The van der Waals surface area contributed by atoms with Crippen LogP contribution in [0.2, 0.25) is 0 Å². The van der Waals surface area contributed by atoms with Crippen LogP contribution in [0.5, 0.6) is 0 Å². The van der Waals surface area contributed by atoms with Crippen molar-refractivity contribution in [3.63, 3.8) is 0 Å². The average molecular weight is 175 g/mol. The smallest absolute Gasteiger partial charge is 1.00 e. The molecule has 0 amide bonds. The fourth-order valence-corrected chi connectivity index (χ4v) is 0. The van der Waals surface area contributed by atoms with Crippen LogP contribution in [0.25, 0.3) is 0 Å². The molecule has 0 aliphatic heterocycles. The van der Waals surface area contributed by atoms with E-state index in [0.29, 0.717) is 0 Å². The number of halogens is 2. The molecule has 0 N–H and O–H groups in total. The number of rotatable bonds is 0. The quantitative estimate of drug-likeness (QED) is 0.320. The Hall–Kier alpha value is 2.74. The van der Waals surface area contributed by atoms with Gasteiger partial charge in [-0.2, -0.15) is 0 Å². The summed E-state index contributed by atoms with van der Waals surface area (Å²) < 4.78 is 0. The van der Waals surface area contributed by atoms with E-state index in [2.05, 4.69) is 0 Å². The molecule has 0 aromatic heterocycles. The first-order valence-electron chi connectivity index (χ1n) is 0. The van der Waals surface area contributed by atoms with Crippen LogP contribution in [0.1, 0.15) is 1.43 Å². The summed E-state index contributed by atoms with van der Waals surface area (Å²) in [6, 6.07) is 0. The van der Waals surface area contributed by atoms with Crippen molar-refractivity contribution < 1.29 is 94.7 Å². The first-order chi connectivity index (χ1) is 0. The summed E-state index contributed by atoms with van der Waals surface area (Å²) in [7, 11) is 0. The summed E-state index contributed by atoms with van der Waals surface area (Å²) in [5, 5.41) is 0. The Bertz CT molecular complexity index is 9.61. The minimum atomic E-state index is 0. The third-order valence-electron chi connectivity index (χ3n) is 0. The molecule has 0 aliphatic rings. The van der Waals surface area contributed by atoms with Crippen molar-refractivity contribution in [2.75, 3.05) is 0 Å². The topological polar surface area (TPSA) is 0 Å². The second kappa shape index (κ2) is 17.2. The van der Waals surface area contributed by atoms with Crippen molar-refractivity contribution in [2.24, 2.45) is 0 Å².